The van der Waals surface area contributed by atoms with E-state index in [2.05, 4.69) is 0 Å². The number of hydrogen-bond acceptors (Lipinski definition) is 21. The number of aliphatic carboxylic acids is 3. The number of benzene rings is 9. The number of nitrogens with zero attached hydrogens (tertiary/aromatic N) is 9. The van der Waals surface area contributed by atoms with E-state index < -0.39 is 96.2 Å². The van der Waals surface area contributed by atoms with E-state index in [1.54, 1.807) is 0 Å². The molecular weight excluding hydrogens is 1270 g/mol. The smallest absolute Gasteiger partial charge is 0.323 e. The highest BCUT2D eigenvalue weighted by Crippen LogP contribution is 2.64. The summed E-state index contributed by atoms with van der Waals surface area (Å²) < 4.78 is 0. The minimum Gasteiger partial charge on any atom is -0.480 e. The Morgan fingerprint density at radius 2 is 0.375 bits per heavy atom. The number of carboxylic acid groups (broad SMARTS) is 3. The first kappa shape index (κ1) is 60.9. The summed E-state index contributed by atoms with van der Waals surface area (Å²) in [5.74, 6) is -6.19. The molecule has 0 amide bonds. The first-order valence-corrected chi connectivity index (χ1v) is 27.8. The number of carboxylic acids is 3. The average molecular weight is 1300 g/mol. The Labute approximate surface area is 530 Å². The highest BCUT2D eigenvalue weighted by molar-refractivity contribution is 6.00. The lowest BCUT2D eigenvalue weighted by Gasteiger charge is -2.47. The maximum atomic E-state index is 13.0. The van der Waals surface area contributed by atoms with Crippen LogP contribution < -0.4 is 0 Å². The molecule has 474 valence electrons. The molecule has 0 aromatic heterocycles. The third-order valence-corrected chi connectivity index (χ3v) is 18.6. The molecule has 33 nitrogen and oxygen atoms in total. The number of hydrogen-bond donors (Lipinski definition) is 3. The van der Waals surface area contributed by atoms with Crippen molar-refractivity contribution in [1.29, 1.82) is 0 Å². The van der Waals surface area contributed by atoms with Crippen LogP contribution in [0.5, 0.6) is 0 Å². The lowest BCUT2D eigenvalue weighted by Crippen LogP contribution is -2.48. The van der Waals surface area contributed by atoms with Crippen LogP contribution in [0.1, 0.15) is 118 Å². The van der Waals surface area contributed by atoms with Gasteiger partial charge in [0, 0.05) is 127 Å². The zero-order chi connectivity index (χ0) is 68.8. The van der Waals surface area contributed by atoms with Gasteiger partial charge in [-0.15, -0.1) is 0 Å². The van der Waals surface area contributed by atoms with Crippen LogP contribution >= 0.6 is 0 Å². The fourth-order valence-corrected chi connectivity index (χ4v) is 15.0. The molecule has 6 bridgehead atoms. The highest BCUT2D eigenvalue weighted by Gasteiger charge is 2.61. The van der Waals surface area contributed by atoms with E-state index in [0.29, 0.717) is 50.1 Å². The summed E-state index contributed by atoms with van der Waals surface area (Å²) in [6.07, 6.45) is 0. The van der Waals surface area contributed by atoms with Crippen molar-refractivity contribution in [2.24, 2.45) is 0 Å². The maximum Gasteiger partial charge on any atom is 0.323 e. The van der Waals surface area contributed by atoms with Gasteiger partial charge in [-0.3, -0.25) is 105 Å². The molecule has 0 aliphatic heterocycles. The van der Waals surface area contributed by atoms with Crippen LogP contribution in [0.25, 0.3) is 0 Å². The molecule has 0 saturated heterocycles. The third-order valence-electron chi connectivity index (χ3n) is 18.6. The number of nitro benzene ring substituents is 9. The van der Waals surface area contributed by atoms with Gasteiger partial charge in [0.15, 0.2) is 0 Å². The van der Waals surface area contributed by atoms with Gasteiger partial charge < -0.3 is 15.3 Å². The number of nitro groups is 9. The first-order chi connectivity index (χ1) is 45.5. The molecule has 3 N–H and O–H groups in total. The molecule has 9 aliphatic rings. The van der Waals surface area contributed by atoms with Gasteiger partial charge in [0.1, 0.15) is 16.2 Å². The topological polar surface area (TPSA) is 500 Å². The molecule has 96 heavy (non-hydrogen) atoms. The second kappa shape index (κ2) is 21.0. The van der Waals surface area contributed by atoms with Gasteiger partial charge in [-0.1, -0.05) is 54.6 Å². The molecule has 0 spiro atoms. The zero-order valence-corrected chi connectivity index (χ0v) is 47.8. The maximum absolute atomic E-state index is 13.0. The first-order valence-electron chi connectivity index (χ1n) is 27.8. The molecule has 9 aromatic carbocycles. The van der Waals surface area contributed by atoms with Crippen LogP contribution in [0.3, 0.4) is 0 Å². The van der Waals surface area contributed by atoms with Gasteiger partial charge in [-0.2, -0.15) is 0 Å². The fourth-order valence-electron chi connectivity index (χ4n) is 15.0. The fraction of sp³-hybridized carbons (Fsp3) is 0.0952. The molecule has 0 heterocycles. The van der Waals surface area contributed by atoms with E-state index in [1.807, 2.05) is 0 Å². The molecule has 0 fully saturated rings. The Morgan fingerprint density at radius 3 is 0.562 bits per heavy atom. The van der Waals surface area contributed by atoms with Crippen molar-refractivity contribution in [3.05, 3.63) is 355 Å². The second-order valence-electron chi connectivity index (χ2n) is 22.7. The molecular formula is C63H33N9O24. The van der Waals surface area contributed by atoms with E-state index >= 15 is 0 Å². The summed E-state index contributed by atoms with van der Waals surface area (Å²) in [7, 11) is 0. The Hall–Kier alpha value is -14.0. The zero-order valence-electron chi connectivity index (χ0n) is 47.8. The Bertz CT molecular complexity index is 4970. The van der Waals surface area contributed by atoms with Gasteiger partial charge in [0.2, 0.25) is 0 Å². The molecule has 33 heteroatoms. The number of rotatable bonds is 12. The Balaban J connectivity index is 0.000000130. The predicted molar refractivity (Wildman–Crippen MR) is 323 cm³/mol. The van der Waals surface area contributed by atoms with Gasteiger partial charge >= 0.3 is 17.9 Å². The minimum absolute atomic E-state index is 0.0743. The monoisotopic (exact) mass is 1300 g/mol. The highest BCUT2D eigenvalue weighted by atomic mass is 16.7. The van der Waals surface area contributed by atoms with Gasteiger partial charge in [0.25, 0.3) is 51.2 Å². The van der Waals surface area contributed by atoms with Crippen LogP contribution in [-0.4, -0.2) is 77.5 Å². The molecule has 0 radical (unpaired) electrons. The molecule has 18 rings (SSSR count). The van der Waals surface area contributed by atoms with Crippen LogP contribution in [0.15, 0.2) is 164 Å². The van der Waals surface area contributed by atoms with Crippen LogP contribution in [0.2, 0.25) is 0 Å². The van der Waals surface area contributed by atoms with E-state index in [0.717, 1.165) is 24.3 Å². The molecule has 0 saturated carbocycles. The summed E-state index contributed by atoms with van der Waals surface area (Å²) >= 11 is 0. The molecule has 0 unspecified atom stereocenters. The lowest BCUT2D eigenvalue weighted by molar-refractivity contribution is -0.385. The summed E-state index contributed by atoms with van der Waals surface area (Å²) in [4.78, 5) is 136. The molecule has 9 aliphatic carbocycles. The van der Waals surface area contributed by atoms with E-state index in [4.69, 9.17) is 0 Å². The Morgan fingerprint density at radius 1 is 0.229 bits per heavy atom. The van der Waals surface area contributed by atoms with Gasteiger partial charge in [-0.05, 0) is 100 Å². The Kier molecular flexibility index (Phi) is 13.3. The quantitative estimate of drug-likeness (QED) is 0.0755. The summed E-state index contributed by atoms with van der Waals surface area (Å²) in [5.41, 5.74) is -3.58. The SMILES string of the molecule is O=C(O)C12c3cc([N+](=O)[O-])ccc3C(c3ccc([N+](=O)[O-])cc31)c1ccc([N+](=O)[O-])cc12.O=C(O)C12c3ccc([N+](=O)[O-])cc3C(c3cc([N+](=O)[O-])ccc31)c1ccc([N+](=O)[O-])cc12.O=C(O)C12c3ccc([N+](=O)[O-])cc3C(c3ccc([N+](=O)[O-])cc31)c1ccc([N+](=O)[O-])cc12. The van der Waals surface area contributed by atoms with Gasteiger partial charge in [0.05, 0.1) is 44.3 Å². The molecule has 9 aromatic rings. The standard InChI is InChI=1S/3C21H11N3O8/c25-20(26)21-16-6-3-10(22(27)28)7-15(16)19(13-4-1-11(23(29)30)8-17(13)21)14-5-2-12(24(31)32)9-18(14)21;25-20(26)21-16-5-2-10(22(27)28)7-14(16)19(13-4-1-12(24(31)32)9-18(13)21)15-8-11(23(29)30)3-6-17(15)21;25-20(26)21-16-7-10(22(27)28)1-4-13(16)19(14-5-2-11(23(29)30)8-17(14)21)15-6-3-12(24(31)32)9-18(15)21/h3*1-9,19H,(H,25,26). The van der Waals surface area contributed by atoms with Gasteiger partial charge in [-0.25, -0.2) is 0 Å². The van der Waals surface area contributed by atoms with Crippen molar-refractivity contribution < 1.29 is 74.0 Å². The van der Waals surface area contributed by atoms with Crippen LogP contribution in [-0.2, 0) is 30.6 Å². The van der Waals surface area contributed by atoms with Crippen LogP contribution in [0, 0.1) is 91.0 Å². The van der Waals surface area contributed by atoms with Crippen molar-refractivity contribution in [2.45, 2.75) is 34.0 Å². The van der Waals surface area contributed by atoms with E-state index in [9.17, 15) is 121 Å². The van der Waals surface area contributed by atoms with Crippen molar-refractivity contribution >= 4 is 69.1 Å². The normalized spacial score (nSPS) is 19.4. The second-order valence-corrected chi connectivity index (χ2v) is 22.7. The summed E-state index contributed by atoms with van der Waals surface area (Å²) in [5, 5.41) is 134. The van der Waals surface area contributed by atoms with Crippen molar-refractivity contribution in [3.8, 4) is 0 Å². The van der Waals surface area contributed by atoms with Crippen molar-refractivity contribution in [1.82, 2.24) is 0 Å². The summed E-state index contributed by atoms with van der Waals surface area (Å²) in [6.45, 7) is 0. The lowest BCUT2D eigenvalue weighted by atomic mass is 9.52. The molecule has 0 atom stereocenters. The third kappa shape index (κ3) is 8.18. The number of non-ortho nitro benzene ring substituents is 9. The van der Waals surface area contributed by atoms with Crippen molar-refractivity contribution in [3.63, 3.8) is 0 Å². The largest absolute Gasteiger partial charge is 0.480 e. The average Bonchev–Trinajstić information content (AvgIpc) is 0.688. The predicted octanol–water partition coefficient (Wildman–Crippen LogP) is 10.9. The minimum atomic E-state index is -2.08. The van der Waals surface area contributed by atoms with Crippen molar-refractivity contribution in [2.75, 3.05) is 0 Å². The van der Waals surface area contributed by atoms with E-state index in [1.165, 1.54) is 140 Å². The van der Waals surface area contributed by atoms with E-state index in [-0.39, 0.29) is 101 Å². The number of carbonyl (C=O) groups is 3. The van der Waals surface area contributed by atoms with Crippen LogP contribution in [0.4, 0.5) is 51.2 Å². The summed E-state index contributed by atoms with van der Waals surface area (Å²) in [6, 6.07) is 34.6.